The van der Waals surface area contributed by atoms with E-state index in [9.17, 15) is 0 Å². The molecule has 0 nitrogen and oxygen atoms in total. The summed E-state index contributed by atoms with van der Waals surface area (Å²) >= 11 is 0. The summed E-state index contributed by atoms with van der Waals surface area (Å²) in [5.41, 5.74) is 0. The maximum Gasteiger partial charge on any atom is -0.0348 e. The Morgan fingerprint density at radius 1 is 0.360 bits per heavy atom. The molecule has 0 amide bonds. The van der Waals surface area contributed by atoms with E-state index in [0.717, 1.165) is 0 Å². The van der Waals surface area contributed by atoms with Crippen LogP contribution >= 0.6 is 0 Å². The van der Waals surface area contributed by atoms with Crippen molar-refractivity contribution in [1.29, 1.82) is 0 Å². The zero-order valence-electron chi connectivity index (χ0n) is 17.7. The first-order chi connectivity index (χ1) is 12.4. The van der Waals surface area contributed by atoms with Gasteiger partial charge in [0.2, 0.25) is 0 Å². The summed E-state index contributed by atoms with van der Waals surface area (Å²) in [6, 6.07) is 0. The Labute approximate surface area is 160 Å². The normalized spacial score (nSPS) is 11.9. The van der Waals surface area contributed by atoms with Gasteiger partial charge >= 0.3 is 0 Å². The maximum absolute atomic E-state index is 2.35. The second-order valence-electron chi connectivity index (χ2n) is 7.74. The average Bonchev–Trinajstić information content (AvgIpc) is 2.63. The molecule has 0 bridgehead atoms. The molecule has 0 aliphatic heterocycles. The van der Waals surface area contributed by atoms with Gasteiger partial charge in [-0.1, -0.05) is 134 Å². The van der Waals surface area contributed by atoms with Crippen molar-refractivity contribution in [1.82, 2.24) is 0 Å². The molecule has 0 saturated carbocycles. The SMILES string of the molecule is CCCCCCCCCC=CC=CCCCCCCCCCCCC. The minimum Gasteiger partial charge on any atom is -0.0845 e. The van der Waals surface area contributed by atoms with Crippen molar-refractivity contribution in [2.45, 2.75) is 136 Å². The average molecular weight is 349 g/mol. The molecule has 0 aromatic heterocycles. The Hall–Kier alpha value is -0.520. The van der Waals surface area contributed by atoms with E-state index < -0.39 is 0 Å². The molecular weight excluding hydrogens is 300 g/mol. The summed E-state index contributed by atoms with van der Waals surface area (Å²) in [6.07, 6.45) is 35.9. The highest BCUT2D eigenvalue weighted by Crippen LogP contribution is 2.11. The molecule has 0 saturated heterocycles. The maximum atomic E-state index is 2.35. The topological polar surface area (TPSA) is 0 Å². The third kappa shape index (κ3) is 23.5. The van der Waals surface area contributed by atoms with Crippen LogP contribution in [0.4, 0.5) is 0 Å². The fourth-order valence-electron chi connectivity index (χ4n) is 3.32. The van der Waals surface area contributed by atoms with E-state index in [1.54, 1.807) is 0 Å². The van der Waals surface area contributed by atoms with Crippen LogP contribution in [0.25, 0.3) is 0 Å². The zero-order chi connectivity index (χ0) is 18.3. The summed E-state index contributed by atoms with van der Waals surface area (Å²) in [5, 5.41) is 0. The van der Waals surface area contributed by atoms with Crippen molar-refractivity contribution in [2.75, 3.05) is 0 Å². The smallest absolute Gasteiger partial charge is 0.0348 e. The van der Waals surface area contributed by atoms with Gasteiger partial charge in [-0.25, -0.2) is 0 Å². The van der Waals surface area contributed by atoms with Crippen LogP contribution in [0, 0.1) is 0 Å². The molecule has 0 heterocycles. The summed E-state index contributed by atoms with van der Waals surface area (Å²) in [5.74, 6) is 0. The van der Waals surface area contributed by atoms with Gasteiger partial charge in [0.25, 0.3) is 0 Å². The zero-order valence-corrected chi connectivity index (χ0v) is 17.7. The molecule has 0 rings (SSSR count). The first kappa shape index (κ1) is 24.5. The largest absolute Gasteiger partial charge is 0.0845 e. The molecular formula is C25H48. The van der Waals surface area contributed by atoms with Crippen LogP contribution in [-0.4, -0.2) is 0 Å². The van der Waals surface area contributed by atoms with Crippen LogP contribution in [0.1, 0.15) is 136 Å². The van der Waals surface area contributed by atoms with Gasteiger partial charge in [-0.05, 0) is 25.7 Å². The van der Waals surface area contributed by atoms with E-state index in [1.807, 2.05) is 0 Å². The predicted molar refractivity (Wildman–Crippen MR) is 117 cm³/mol. The molecule has 0 atom stereocenters. The molecule has 0 fully saturated rings. The van der Waals surface area contributed by atoms with Crippen LogP contribution in [0.5, 0.6) is 0 Å². The van der Waals surface area contributed by atoms with Gasteiger partial charge in [0.15, 0.2) is 0 Å². The van der Waals surface area contributed by atoms with E-state index in [4.69, 9.17) is 0 Å². The quantitative estimate of drug-likeness (QED) is 0.152. The van der Waals surface area contributed by atoms with Gasteiger partial charge in [0.1, 0.15) is 0 Å². The van der Waals surface area contributed by atoms with Gasteiger partial charge in [-0.2, -0.15) is 0 Å². The molecule has 0 aromatic rings. The van der Waals surface area contributed by atoms with Crippen LogP contribution in [0.15, 0.2) is 24.3 Å². The van der Waals surface area contributed by atoms with Gasteiger partial charge < -0.3 is 0 Å². The fraction of sp³-hybridized carbons (Fsp3) is 0.840. The van der Waals surface area contributed by atoms with Crippen LogP contribution < -0.4 is 0 Å². The fourth-order valence-corrected chi connectivity index (χ4v) is 3.32. The second-order valence-corrected chi connectivity index (χ2v) is 7.74. The standard InChI is InChI=1S/C25H48/c1-3-5-7-9-11-13-15-17-19-21-23-25-24-22-20-18-16-14-12-10-8-6-4-2/h19,21,23,25H,3-18,20,22,24H2,1-2H3. The van der Waals surface area contributed by atoms with Crippen molar-refractivity contribution in [3.63, 3.8) is 0 Å². The molecule has 0 heteroatoms. The summed E-state index contributed by atoms with van der Waals surface area (Å²) < 4.78 is 0. The lowest BCUT2D eigenvalue weighted by molar-refractivity contribution is 0.557. The van der Waals surface area contributed by atoms with Gasteiger partial charge in [0, 0.05) is 0 Å². The third-order valence-electron chi connectivity index (χ3n) is 5.08. The number of hydrogen-bond donors (Lipinski definition) is 0. The minimum absolute atomic E-state index is 1.26. The van der Waals surface area contributed by atoms with Crippen LogP contribution in [-0.2, 0) is 0 Å². The van der Waals surface area contributed by atoms with E-state index >= 15 is 0 Å². The van der Waals surface area contributed by atoms with Crippen LogP contribution in [0.3, 0.4) is 0 Å². The van der Waals surface area contributed by atoms with E-state index in [1.165, 1.54) is 122 Å². The Bertz CT molecular complexity index is 274. The molecule has 0 unspecified atom stereocenters. The molecule has 0 aliphatic rings. The van der Waals surface area contributed by atoms with Crippen molar-refractivity contribution >= 4 is 0 Å². The summed E-state index contributed by atoms with van der Waals surface area (Å²) in [6.45, 7) is 4.58. The molecule has 0 aromatic carbocycles. The second kappa shape index (κ2) is 23.5. The number of allylic oxidation sites excluding steroid dienone is 4. The van der Waals surface area contributed by atoms with Gasteiger partial charge in [0.05, 0.1) is 0 Å². The number of hydrogen-bond acceptors (Lipinski definition) is 0. The first-order valence-corrected chi connectivity index (χ1v) is 11.7. The Morgan fingerprint density at radius 3 is 0.960 bits per heavy atom. The number of rotatable bonds is 20. The van der Waals surface area contributed by atoms with Crippen molar-refractivity contribution in [2.24, 2.45) is 0 Å². The minimum atomic E-state index is 1.26. The van der Waals surface area contributed by atoms with Gasteiger partial charge in [-0.15, -0.1) is 0 Å². The lowest BCUT2D eigenvalue weighted by Gasteiger charge is -2.01. The van der Waals surface area contributed by atoms with Crippen molar-refractivity contribution < 1.29 is 0 Å². The number of unbranched alkanes of at least 4 members (excludes halogenated alkanes) is 17. The molecule has 0 aliphatic carbocycles. The van der Waals surface area contributed by atoms with Crippen molar-refractivity contribution in [3.8, 4) is 0 Å². The van der Waals surface area contributed by atoms with E-state index in [-0.39, 0.29) is 0 Å². The predicted octanol–water partition coefficient (Wildman–Crippen LogP) is 9.55. The lowest BCUT2D eigenvalue weighted by atomic mass is 10.1. The van der Waals surface area contributed by atoms with Gasteiger partial charge in [-0.3, -0.25) is 0 Å². The summed E-state index contributed by atoms with van der Waals surface area (Å²) in [7, 11) is 0. The van der Waals surface area contributed by atoms with E-state index in [2.05, 4.69) is 38.2 Å². The Kier molecular flexibility index (Phi) is 23.0. The highest BCUT2D eigenvalue weighted by Gasteiger charge is 1.92. The van der Waals surface area contributed by atoms with E-state index in [0.29, 0.717) is 0 Å². The Balaban J connectivity index is 3.14. The highest BCUT2D eigenvalue weighted by molar-refractivity contribution is 5.02. The highest BCUT2D eigenvalue weighted by atomic mass is 14.0. The molecule has 0 N–H and O–H groups in total. The van der Waals surface area contributed by atoms with Crippen LogP contribution in [0.2, 0.25) is 0 Å². The molecule has 0 spiro atoms. The third-order valence-corrected chi connectivity index (χ3v) is 5.08. The summed E-state index contributed by atoms with van der Waals surface area (Å²) in [4.78, 5) is 0. The lowest BCUT2D eigenvalue weighted by Crippen LogP contribution is -1.81. The monoisotopic (exact) mass is 348 g/mol. The Morgan fingerprint density at radius 2 is 0.640 bits per heavy atom. The van der Waals surface area contributed by atoms with Crippen molar-refractivity contribution in [3.05, 3.63) is 24.3 Å². The molecule has 25 heavy (non-hydrogen) atoms. The molecule has 0 radical (unpaired) electrons. The first-order valence-electron chi connectivity index (χ1n) is 11.7. The molecule has 148 valence electrons.